The number of anilines is 1. The van der Waals surface area contributed by atoms with E-state index in [-0.39, 0.29) is 10.9 Å². The summed E-state index contributed by atoms with van der Waals surface area (Å²) >= 11 is 4.74. The zero-order valence-corrected chi connectivity index (χ0v) is 8.28. The highest BCUT2D eigenvalue weighted by atomic mass is 32.1. The molecule has 0 aliphatic heterocycles. The molecule has 1 rings (SSSR count). The normalized spacial score (nSPS) is 8.93. The molecule has 0 aliphatic rings. The van der Waals surface area contributed by atoms with Crippen LogP contribution in [-0.4, -0.2) is 5.11 Å². The Balaban J connectivity index is 2.74. The number of hydrogen-bond donors (Lipinski definition) is 2. The van der Waals surface area contributed by atoms with Crippen LogP contribution >= 0.6 is 12.2 Å². The van der Waals surface area contributed by atoms with Crippen molar-refractivity contribution in [2.75, 3.05) is 5.32 Å². The van der Waals surface area contributed by atoms with Crippen LogP contribution in [0.4, 0.5) is 10.1 Å². The molecule has 0 spiro atoms. The van der Waals surface area contributed by atoms with Gasteiger partial charge in [-0.05, 0) is 36.8 Å². The summed E-state index contributed by atoms with van der Waals surface area (Å²) in [4.78, 5) is 0. The summed E-state index contributed by atoms with van der Waals surface area (Å²) in [7, 11) is 0. The summed E-state index contributed by atoms with van der Waals surface area (Å²) in [5.41, 5.74) is 1.08. The van der Waals surface area contributed by atoms with Gasteiger partial charge in [-0.25, -0.2) is 4.39 Å². The van der Waals surface area contributed by atoms with Gasteiger partial charge in [0.2, 0.25) is 0 Å². The molecule has 0 unspecified atom stereocenters. The lowest BCUT2D eigenvalue weighted by Gasteiger charge is -2.06. The minimum absolute atomic E-state index is 0.149. The van der Waals surface area contributed by atoms with Crippen molar-refractivity contribution in [3.8, 4) is 6.19 Å². The Morgan fingerprint density at radius 1 is 1.57 bits per heavy atom. The first kappa shape index (κ1) is 10.4. The van der Waals surface area contributed by atoms with Crippen molar-refractivity contribution in [3.63, 3.8) is 0 Å². The molecule has 2 N–H and O–H groups in total. The van der Waals surface area contributed by atoms with Gasteiger partial charge in [0.15, 0.2) is 11.3 Å². The maximum Gasteiger partial charge on any atom is 0.184 e. The van der Waals surface area contributed by atoms with Crippen molar-refractivity contribution in [1.29, 1.82) is 5.26 Å². The highest BCUT2D eigenvalue weighted by Crippen LogP contribution is 2.13. The Labute approximate surface area is 86.5 Å². The molecule has 1 aromatic rings. The van der Waals surface area contributed by atoms with E-state index in [1.165, 1.54) is 6.07 Å². The minimum atomic E-state index is -0.310. The summed E-state index contributed by atoms with van der Waals surface area (Å²) < 4.78 is 13.0. The SMILES string of the molecule is Cc1ccc(NC(=S)NC#N)cc1F. The van der Waals surface area contributed by atoms with Crippen LogP contribution in [0.1, 0.15) is 5.56 Å². The first-order valence-corrected chi connectivity index (χ1v) is 4.26. The first-order chi connectivity index (χ1) is 6.63. The molecular formula is C9H8FN3S. The second-order valence-electron chi connectivity index (χ2n) is 2.65. The monoisotopic (exact) mass is 209 g/mol. The zero-order chi connectivity index (χ0) is 10.6. The quantitative estimate of drug-likeness (QED) is 0.421. The lowest BCUT2D eigenvalue weighted by Crippen LogP contribution is -2.23. The van der Waals surface area contributed by atoms with Gasteiger partial charge in [0.25, 0.3) is 0 Å². The minimum Gasteiger partial charge on any atom is -0.332 e. The highest BCUT2D eigenvalue weighted by Gasteiger charge is 2.00. The molecule has 0 atom stereocenters. The van der Waals surface area contributed by atoms with Crippen molar-refractivity contribution in [2.45, 2.75) is 6.92 Å². The van der Waals surface area contributed by atoms with Crippen LogP contribution < -0.4 is 10.6 Å². The maximum absolute atomic E-state index is 13.0. The van der Waals surface area contributed by atoms with Crippen LogP contribution in [0.5, 0.6) is 0 Å². The Hall–Kier alpha value is -1.67. The van der Waals surface area contributed by atoms with Crippen molar-refractivity contribution < 1.29 is 4.39 Å². The third-order valence-corrected chi connectivity index (χ3v) is 1.80. The van der Waals surface area contributed by atoms with Crippen molar-refractivity contribution in [1.82, 2.24) is 5.32 Å². The molecule has 0 fully saturated rings. The van der Waals surface area contributed by atoms with Gasteiger partial charge in [-0.3, -0.25) is 5.32 Å². The number of nitrogens with zero attached hydrogens (tertiary/aromatic N) is 1. The van der Waals surface area contributed by atoms with E-state index in [9.17, 15) is 4.39 Å². The topological polar surface area (TPSA) is 47.8 Å². The number of thiocarbonyl (C=S) groups is 1. The van der Waals surface area contributed by atoms with Crippen LogP contribution in [0.15, 0.2) is 18.2 Å². The fourth-order valence-corrected chi connectivity index (χ4v) is 1.05. The summed E-state index contributed by atoms with van der Waals surface area (Å²) in [6.45, 7) is 1.67. The van der Waals surface area contributed by atoms with Crippen molar-refractivity contribution in [2.24, 2.45) is 0 Å². The zero-order valence-electron chi connectivity index (χ0n) is 7.47. The van der Waals surface area contributed by atoms with E-state index < -0.39 is 0 Å². The first-order valence-electron chi connectivity index (χ1n) is 3.85. The standard InChI is InChI=1S/C9H8FN3S/c1-6-2-3-7(4-8(6)10)13-9(14)12-5-11/h2-4H,1H3,(H2,12,13,14). The van der Waals surface area contributed by atoms with E-state index in [1.54, 1.807) is 25.2 Å². The Morgan fingerprint density at radius 2 is 2.29 bits per heavy atom. The van der Waals surface area contributed by atoms with Crippen LogP contribution in [-0.2, 0) is 0 Å². The van der Waals surface area contributed by atoms with Crippen molar-refractivity contribution >= 4 is 23.0 Å². The number of halogens is 1. The molecule has 0 heterocycles. The number of benzene rings is 1. The van der Waals surface area contributed by atoms with Crippen LogP contribution in [0.25, 0.3) is 0 Å². The molecule has 1 aromatic carbocycles. The van der Waals surface area contributed by atoms with E-state index in [4.69, 9.17) is 17.5 Å². The van der Waals surface area contributed by atoms with E-state index in [0.717, 1.165) is 0 Å². The number of nitriles is 1. The van der Waals surface area contributed by atoms with Gasteiger partial charge in [0, 0.05) is 5.69 Å². The average Bonchev–Trinajstić information content (AvgIpc) is 2.12. The van der Waals surface area contributed by atoms with Crippen LogP contribution in [0.3, 0.4) is 0 Å². The fourth-order valence-electron chi connectivity index (χ4n) is 0.884. The second kappa shape index (κ2) is 4.53. The number of rotatable bonds is 1. The fraction of sp³-hybridized carbons (Fsp3) is 0.111. The summed E-state index contributed by atoms with van der Waals surface area (Å²) in [6.07, 6.45) is 1.67. The molecule has 0 radical (unpaired) electrons. The molecule has 3 nitrogen and oxygen atoms in total. The Morgan fingerprint density at radius 3 is 2.86 bits per heavy atom. The summed E-state index contributed by atoms with van der Waals surface area (Å²) in [5, 5.41) is 13.3. The Bertz CT molecular complexity index is 398. The van der Waals surface area contributed by atoms with Crippen LogP contribution in [0, 0.1) is 24.2 Å². The molecule has 0 bridgehead atoms. The summed E-state index contributed by atoms with van der Waals surface area (Å²) in [6, 6.07) is 4.64. The Kier molecular flexibility index (Phi) is 3.37. The molecule has 0 aliphatic carbocycles. The molecule has 0 aromatic heterocycles. The lowest BCUT2D eigenvalue weighted by atomic mass is 10.2. The van der Waals surface area contributed by atoms with Crippen LogP contribution in [0.2, 0.25) is 0 Å². The predicted octanol–water partition coefficient (Wildman–Crippen LogP) is 1.90. The lowest BCUT2D eigenvalue weighted by molar-refractivity contribution is 0.619. The number of hydrogen-bond acceptors (Lipinski definition) is 2. The third kappa shape index (κ3) is 2.68. The van der Waals surface area contributed by atoms with Crippen molar-refractivity contribution in [3.05, 3.63) is 29.6 Å². The smallest absolute Gasteiger partial charge is 0.184 e. The van der Waals surface area contributed by atoms with Gasteiger partial charge in [-0.1, -0.05) is 6.07 Å². The number of nitrogens with one attached hydrogen (secondary N) is 2. The molecule has 72 valence electrons. The van der Waals surface area contributed by atoms with E-state index in [2.05, 4.69) is 10.6 Å². The second-order valence-corrected chi connectivity index (χ2v) is 3.06. The maximum atomic E-state index is 13.0. The molecule has 5 heteroatoms. The van der Waals surface area contributed by atoms with E-state index >= 15 is 0 Å². The molecule has 0 saturated carbocycles. The van der Waals surface area contributed by atoms with Gasteiger partial charge in [-0.15, -0.1) is 0 Å². The molecule has 14 heavy (non-hydrogen) atoms. The van der Waals surface area contributed by atoms with E-state index in [0.29, 0.717) is 11.3 Å². The summed E-state index contributed by atoms with van der Waals surface area (Å²) in [5.74, 6) is -0.310. The van der Waals surface area contributed by atoms with Gasteiger partial charge >= 0.3 is 0 Å². The molecule has 0 amide bonds. The highest BCUT2D eigenvalue weighted by molar-refractivity contribution is 7.80. The molecule has 0 saturated heterocycles. The number of aryl methyl sites for hydroxylation is 1. The van der Waals surface area contributed by atoms with Gasteiger partial charge in [-0.2, -0.15) is 5.26 Å². The van der Waals surface area contributed by atoms with Gasteiger partial charge in [0.1, 0.15) is 5.82 Å². The van der Waals surface area contributed by atoms with Gasteiger partial charge in [0.05, 0.1) is 0 Å². The largest absolute Gasteiger partial charge is 0.332 e. The van der Waals surface area contributed by atoms with E-state index in [1.807, 2.05) is 0 Å². The average molecular weight is 209 g/mol. The predicted molar refractivity (Wildman–Crippen MR) is 56.1 cm³/mol. The third-order valence-electron chi connectivity index (χ3n) is 1.60. The van der Waals surface area contributed by atoms with Gasteiger partial charge < -0.3 is 5.32 Å². The molecular weight excluding hydrogens is 201 g/mol.